The van der Waals surface area contributed by atoms with Gasteiger partial charge in [0.1, 0.15) is 0 Å². The molecule has 0 aliphatic carbocycles. The number of rotatable bonds is 4. The Morgan fingerprint density at radius 2 is 2.00 bits per heavy atom. The van der Waals surface area contributed by atoms with E-state index in [2.05, 4.69) is 18.8 Å². The Morgan fingerprint density at radius 1 is 1.36 bits per heavy atom. The molecule has 0 heterocycles. The molecule has 0 fully saturated rings. The van der Waals surface area contributed by atoms with Gasteiger partial charge in [-0.15, -0.1) is 0 Å². The highest BCUT2D eigenvalue weighted by molar-refractivity contribution is 7.65. The van der Waals surface area contributed by atoms with Crippen LogP contribution in [-0.2, 0) is 9.53 Å². The molecule has 0 saturated heterocycles. The van der Waals surface area contributed by atoms with Gasteiger partial charge in [0.25, 0.3) is 0 Å². The Labute approximate surface area is 86.0 Å². The standard InChI is InChI=1S/C11H15O2P/c1-3-13-11(12)9-14(2)10-7-5-4-6-8-10/h4-8H,3,9H2,1-2H3/t14-/m1/s1. The lowest BCUT2D eigenvalue weighted by atomic mass is 10.4. The smallest absolute Gasteiger partial charge is 0.310 e. The van der Waals surface area contributed by atoms with E-state index in [1.54, 1.807) is 0 Å². The number of hydrogen-bond acceptors (Lipinski definition) is 2. The van der Waals surface area contributed by atoms with Gasteiger partial charge in [-0.3, -0.25) is 4.79 Å². The monoisotopic (exact) mass is 210 g/mol. The summed E-state index contributed by atoms with van der Waals surface area (Å²) in [6.45, 7) is 4.40. The van der Waals surface area contributed by atoms with Gasteiger partial charge in [0.15, 0.2) is 0 Å². The van der Waals surface area contributed by atoms with Crippen LogP contribution in [0, 0.1) is 0 Å². The molecule has 0 radical (unpaired) electrons. The molecule has 0 aliphatic rings. The molecule has 0 spiro atoms. The lowest BCUT2D eigenvalue weighted by Gasteiger charge is -2.10. The van der Waals surface area contributed by atoms with Crippen LogP contribution < -0.4 is 5.30 Å². The van der Waals surface area contributed by atoms with Gasteiger partial charge in [-0.25, -0.2) is 0 Å². The third-order valence-electron chi connectivity index (χ3n) is 1.87. The Bertz CT molecular complexity index is 285. The first-order valence-corrected chi connectivity index (χ1v) is 6.63. The first kappa shape index (κ1) is 11.2. The van der Waals surface area contributed by atoms with Crippen molar-refractivity contribution in [3.05, 3.63) is 30.3 Å². The lowest BCUT2D eigenvalue weighted by Crippen LogP contribution is -2.12. The van der Waals surface area contributed by atoms with Gasteiger partial charge in [0.2, 0.25) is 0 Å². The van der Waals surface area contributed by atoms with Gasteiger partial charge < -0.3 is 4.74 Å². The van der Waals surface area contributed by atoms with Crippen LogP contribution in [0.15, 0.2) is 30.3 Å². The molecule has 0 unspecified atom stereocenters. The van der Waals surface area contributed by atoms with E-state index < -0.39 is 7.92 Å². The quantitative estimate of drug-likeness (QED) is 0.561. The maximum atomic E-state index is 11.2. The molecular weight excluding hydrogens is 195 g/mol. The number of carbonyl (C=O) groups is 1. The topological polar surface area (TPSA) is 26.3 Å². The van der Waals surface area contributed by atoms with Crippen molar-refractivity contribution >= 4 is 19.2 Å². The zero-order chi connectivity index (χ0) is 10.4. The Kier molecular flexibility index (Phi) is 4.61. The van der Waals surface area contributed by atoms with Crippen molar-refractivity contribution in [2.75, 3.05) is 19.4 Å². The third-order valence-corrected chi connectivity index (χ3v) is 3.78. The van der Waals surface area contributed by atoms with Crippen LogP contribution in [0.2, 0.25) is 0 Å². The first-order chi connectivity index (χ1) is 6.74. The number of ether oxygens (including phenoxy) is 1. The minimum Gasteiger partial charge on any atom is -0.466 e. The van der Waals surface area contributed by atoms with Crippen LogP contribution >= 0.6 is 7.92 Å². The fourth-order valence-corrected chi connectivity index (χ4v) is 2.52. The van der Waals surface area contributed by atoms with Crippen molar-refractivity contribution in [1.29, 1.82) is 0 Å². The SMILES string of the molecule is CCOC(=O)C[P@@](C)c1ccccc1. The fraction of sp³-hybridized carbons (Fsp3) is 0.364. The number of esters is 1. The van der Waals surface area contributed by atoms with Gasteiger partial charge in [0.05, 0.1) is 12.8 Å². The minimum absolute atomic E-state index is 0.0926. The molecule has 0 N–H and O–H groups in total. The normalized spacial score (nSPS) is 12.1. The summed E-state index contributed by atoms with van der Waals surface area (Å²) in [5.74, 6) is -0.0926. The lowest BCUT2D eigenvalue weighted by molar-refractivity contribution is -0.139. The second-order valence-electron chi connectivity index (χ2n) is 3.00. The van der Waals surface area contributed by atoms with Gasteiger partial charge in [-0.1, -0.05) is 38.3 Å². The van der Waals surface area contributed by atoms with E-state index >= 15 is 0 Å². The van der Waals surface area contributed by atoms with Crippen LogP contribution in [0.4, 0.5) is 0 Å². The highest BCUT2D eigenvalue weighted by Crippen LogP contribution is 2.28. The van der Waals surface area contributed by atoms with Crippen molar-refractivity contribution in [1.82, 2.24) is 0 Å². The summed E-state index contributed by atoms with van der Waals surface area (Å²) in [7, 11) is -0.401. The predicted molar refractivity (Wildman–Crippen MR) is 60.4 cm³/mol. The zero-order valence-electron chi connectivity index (χ0n) is 8.56. The molecular formula is C11H15O2P. The number of benzene rings is 1. The van der Waals surface area contributed by atoms with E-state index in [-0.39, 0.29) is 5.97 Å². The first-order valence-electron chi connectivity index (χ1n) is 4.66. The summed E-state index contributed by atoms with van der Waals surface area (Å²) < 4.78 is 4.91. The highest BCUT2D eigenvalue weighted by atomic mass is 31.1. The molecule has 3 heteroatoms. The van der Waals surface area contributed by atoms with Crippen molar-refractivity contribution in [3.63, 3.8) is 0 Å². The molecule has 76 valence electrons. The number of hydrogen-bond donors (Lipinski definition) is 0. The Balaban J connectivity index is 2.50. The van der Waals surface area contributed by atoms with Crippen LogP contribution in [0.5, 0.6) is 0 Å². The van der Waals surface area contributed by atoms with E-state index in [0.717, 1.165) is 0 Å². The summed E-state index contributed by atoms with van der Waals surface area (Å²) >= 11 is 0. The Hall–Kier alpha value is -0.880. The van der Waals surface area contributed by atoms with Crippen molar-refractivity contribution < 1.29 is 9.53 Å². The second kappa shape index (κ2) is 5.77. The zero-order valence-corrected chi connectivity index (χ0v) is 9.46. The molecule has 14 heavy (non-hydrogen) atoms. The average molecular weight is 210 g/mol. The van der Waals surface area contributed by atoms with E-state index in [4.69, 9.17) is 4.74 Å². The summed E-state index contributed by atoms with van der Waals surface area (Å²) in [5.41, 5.74) is 0. The van der Waals surface area contributed by atoms with Crippen molar-refractivity contribution in [2.24, 2.45) is 0 Å². The third kappa shape index (κ3) is 3.47. The average Bonchev–Trinajstić information content (AvgIpc) is 2.19. The summed E-state index contributed by atoms with van der Waals surface area (Å²) in [4.78, 5) is 11.2. The molecule has 0 amide bonds. The molecule has 0 bridgehead atoms. The maximum absolute atomic E-state index is 11.2. The second-order valence-corrected chi connectivity index (χ2v) is 5.23. The number of carbonyl (C=O) groups excluding carboxylic acids is 1. The summed E-state index contributed by atoms with van der Waals surface area (Å²) in [6, 6.07) is 10.1. The fourth-order valence-electron chi connectivity index (χ4n) is 1.17. The van der Waals surface area contributed by atoms with E-state index in [1.807, 2.05) is 25.1 Å². The molecule has 1 atom stereocenters. The summed E-state index contributed by atoms with van der Waals surface area (Å²) in [6.07, 6.45) is 0.521. The molecule has 0 aliphatic heterocycles. The van der Waals surface area contributed by atoms with Crippen LogP contribution in [-0.4, -0.2) is 25.4 Å². The van der Waals surface area contributed by atoms with Gasteiger partial charge >= 0.3 is 5.97 Å². The van der Waals surface area contributed by atoms with Crippen LogP contribution in [0.25, 0.3) is 0 Å². The van der Waals surface area contributed by atoms with E-state index in [1.165, 1.54) is 5.30 Å². The van der Waals surface area contributed by atoms with E-state index in [0.29, 0.717) is 12.8 Å². The highest BCUT2D eigenvalue weighted by Gasteiger charge is 2.10. The van der Waals surface area contributed by atoms with Crippen LogP contribution in [0.1, 0.15) is 6.92 Å². The molecule has 2 nitrogen and oxygen atoms in total. The van der Waals surface area contributed by atoms with Gasteiger partial charge in [0, 0.05) is 0 Å². The molecule has 0 aromatic heterocycles. The van der Waals surface area contributed by atoms with Gasteiger partial charge in [-0.05, 0) is 18.9 Å². The Morgan fingerprint density at radius 3 is 2.57 bits per heavy atom. The molecule has 1 rings (SSSR count). The van der Waals surface area contributed by atoms with Crippen molar-refractivity contribution in [2.45, 2.75) is 6.92 Å². The van der Waals surface area contributed by atoms with Gasteiger partial charge in [-0.2, -0.15) is 0 Å². The van der Waals surface area contributed by atoms with Crippen molar-refractivity contribution in [3.8, 4) is 0 Å². The largest absolute Gasteiger partial charge is 0.466 e. The maximum Gasteiger partial charge on any atom is 0.310 e. The molecule has 1 aromatic rings. The molecule has 0 saturated carbocycles. The minimum atomic E-state index is -0.401. The predicted octanol–water partition coefficient (Wildman–Crippen LogP) is 1.99. The molecule has 1 aromatic carbocycles. The summed E-state index contributed by atoms with van der Waals surface area (Å²) in [5, 5.41) is 1.25. The van der Waals surface area contributed by atoms with E-state index in [9.17, 15) is 4.79 Å². The van der Waals surface area contributed by atoms with Crippen LogP contribution in [0.3, 0.4) is 0 Å².